The Morgan fingerprint density at radius 3 is 2.90 bits per heavy atom. The van der Waals surface area contributed by atoms with Gasteiger partial charge in [0.05, 0.1) is 10.7 Å². The monoisotopic (exact) mass is 327 g/mol. The second kappa shape index (κ2) is 7.11. The molecule has 0 aliphatic heterocycles. The SMILES string of the molecule is CCC(SCc1csc(-c2ccccc2Cl)n1)C(=O)O. The van der Waals surface area contributed by atoms with Gasteiger partial charge in [-0.05, 0) is 12.5 Å². The van der Waals surface area contributed by atoms with Crippen LogP contribution < -0.4 is 0 Å². The van der Waals surface area contributed by atoms with Crippen LogP contribution in [0.2, 0.25) is 5.02 Å². The third-order valence-electron chi connectivity index (χ3n) is 2.73. The zero-order valence-corrected chi connectivity index (χ0v) is 13.3. The van der Waals surface area contributed by atoms with E-state index in [0.29, 0.717) is 17.2 Å². The van der Waals surface area contributed by atoms with Crippen molar-refractivity contribution in [1.29, 1.82) is 0 Å². The number of carbonyl (C=O) groups is 1. The molecule has 1 aromatic heterocycles. The van der Waals surface area contributed by atoms with Gasteiger partial charge >= 0.3 is 5.97 Å². The molecule has 0 saturated carbocycles. The molecule has 0 aliphatic rings. The molecule has 3 nitrogen and oxygen atoms in total. The summed E-state index contributed by atoms with van der Waals surface area (Å²) in [6, 6.07) is 7.58. The highest BCUT2D eigenvalue weighted by molar-refractivity contribution is 7.99. The van der Waals surface area contributed by atoms with E-state index in [4.69, 9.17) is 16.7 Å². The number of aliphatic carboxylic acids is 1. The summed E-state index contributed by atoms with van der Waals surface area (Å²) < 4.78 is 0. The first-order valence-corrected chi connectivity index (χ1v) is 8.46. The maximum atomic E-state index is 11.0. The van der Waals surface area contributed by atoms with E-state index in [1.54, 1.807) is 0 Å². The molecule has 0 aliphatic carbocycles. The summed E-state index contributed by atoms with van der Waals surface area (Å²) in [5.41, 5.74) is 1.82. The number of carboxylic acids is 1. The molecule has 1 heterocycles. The minimum Gasteiger partial charge on any atom is -0.480 e. The number of benzene rings is 1. The normalized spacial score (nSPS) is 12.3. The minimum atomic E-state index is -0.765. The third kappa shape index (κ3) is 3.75. The Balaban J connectivity index is 2.06. The number of rotatable bonds is 6. The quantitative estimate of drug-likeness (QED) is 0.845. The van der Waals surface area contributed by atoms with Gasteiger partial charge in [0, 0.05) is 16.7 Å². The zero-order chi connectivity index (χ0) is 14.5. The van der Waals surface area contributed by atoms with E-state index in [9.17, 15) is 4.79 Å². The Labute approximate surface area is 131 Å². The smallest absolute Gasteiger partial charge is 0.316 e. The molecular weight excluding hydrogens is 314 g/mol. The van der Waals surface area contributed by atoms with Gasteiger partial charge in [-0.25, -0.2) is 4.98 Å². The first-order chi connectivity index (χ1) is 9.61. The summed E-state index contributed by atoms with van der Waals surface area (Å²) in [5, 5.41) is 12.1. The molecule has 20 heavy (non-hydrogen) atoms. The molecule has 0 saturated heterocycles. The van der Waals surface area contributed by atoms with Crippen molar-refractivity contribution in [2.24, 2.45) is 0 Å². The van der Waals surface area contributed by atoms with Crippen molar-refractivity contribution in [2.45, 2.75) is 24.3 Å². The number of hydrogen-bond donors (Lipinski definition) is 1. The summed E-state index contributed by atoms with van der Waals surface area (Å²) in [4.78, 5) is 15.5. The molecule has 1 N–H and O–H groups in total. The molecule has 1 atom stereocenters. The maximum absolute atomic E-state index is 11.0. The average Bonchev–Trinajstić information content (AvgIpc) is 2.88. The van der Waals surface area contributed by atoms with Gasteiger partial charge in [-0.3, -0.25) is 4.79 Å². The van der Waals surface area contributed by atoms with E-state index in [2.05, 4.69) is 4.98 Å². The lowest BCUT2D eigenvalue weighted by molar-refractivity contribution is -0.136. The van der Waals surface area contributed by atoms with E-state index >= 15 is 0 Å². The van der Waals surface area contributed by atoms with Crippen molar-refractivity contribution >= 4 is 40.7 Å². The van der Waals surface area contributed by atoms with Gasteiger partial charge in [0.1, 0.15) is 10.3 Å². The summed E-state index contributed by atoms with van der Waals surface area (Å²) >= 11 is 9.08. The molecule has 0 bridgehead atoms. The molecule has 0 amide bonds. The lowest BCUT2D eigenvalue weighted by Gasteiger charge is -2.07. The molecule has 1 unspecified atom stereocenters. The zero-order valence-electron chi connectivity index (χ0n) is 10.9. The average molecular weight is 328 g/mol. The van der Waals surface area contributed by atoms with Gasteiger partial charge in [0.25, 0.3) is 0 Å². The van der Waals surface area contributed by atoms with E-state index < -0.39 is 5.97 Å². The highest BCUT2D eigenvalue weighted by Gasteiger charge is 2.16. The highest BCUT2D eigenvalue weighted by Crippen LogP contribution is 2.31. The topological polar surface area (TPSA) is 50.2 Å². The molecule has 6 heteroatoms. The van der Waals surface area contributed by atoms with Crippen LogP contribution in [0, 0.1) is 0 Å². The Hall–Kier alpha value is -1.04. The first kappa shape index (κ1) is 15.4. The fraction of sp³-hybridized carbons (Fsp3) is 0.286. The van der Waals surface area contributed by atoms with Gasteiger partial charge in [-0.1, -0.05) is 36.7 Å². The number of hydrogen-bond acceptors (Lipinski definition) is 4. The van der Waals surface area contributed by atoms with Gasteiger partial charge < -0.3 is 5.11 Å². The summed E-state index contributed by atoms with van der Waals surface area (Å²) in [7, 11) is 0. The van der Waals surface area contributed by atoms with Crippen molar-refractivity contribution in [2.75, 3.05) is 0 Å². The van der Waals surface area contributed by atoms with E-state index in [-0.39, 0.29) is 5.25 Å². The number of thioether (sulfide) groups is 1. The molecule has 0 fully saturated rings. The van der Waals surface area contributed by atoms with Gasteiger partial charge in [-0.2, -0.15) is 0 Å². The van der Waals surface area contributed by atoms with Crippen molar-refractivity contribution in [1.82, 2.24) is 4.98 Å². The van der Waals surface area contributed by atoms with Crippen LogP contribution in [-0.2, 0) is 10.5 Å². The summed E-state index contributed by atoms with van der Waals surface area (Å²) in [6.07, 6.45) is 0.613. The lowest BCUT2D eigenvalue weighted by atomic mass is 10.2. The second-order valence-corrected chi connectivity index (χ2v) is 6.63. The van der Waals surface area contributed by atoms with E-state index in [1.165, 1.54) is 23.1 Å². The lowest BCUT2D eigenvalue weighted by Crippen LogP contribution is -2.15. The summed E-state index contributed by atoms with van der Waals surface area (Å²) in [6.45, 7) is 1.88. The van der Waals surface area contributed by atoms with Gasteiger partial charge in [0.15, 0.2) is 0 Å². The van der Waals surface area contributed by atoms with Crippen LogP contribution in [0.4, 0.5) is 0 Å². The largest absolute Gasteiger partial charge is 0.480 e. The van der Waals surface area contributed by atoms with Crippen LogP contribution in [0.3, 0.4) is 0 Å². The molecule has 0 radical (unpaired) electrons. The van der Waals surface area contributed by atoms with Gasteiger partial charge in [0.2, 0.25) is 0 Å². The Morgan fingerprint density at radius 2 is 2.25 bits per heavy atom. The number of thiazole rings is 1. The van der Waals surface area contributed by atoms with E-state index in [1.807, 2.05) is 36.6 Å². The van der Waals surface area contributed by atoms with Crippen LogP contribution in [0.5, 0.6) is 0 Å². The maximum Gasteiger partial charge on any atom is 0.316 e. The van der Waals surface area contributed by atoms with Gasteiger partial charge in [-0.15, -0.1) is 23.1 Å². The minimum absolute atomic E-state index is 0.375. The second-order valence-electron chi connectivity index (χ2n) is 4.17. The first-order valence-electron chi connectivity index (χ1n) is 6.15. The molecule has 2 rings (SSSR count). The fourth-order valence-electron chi connectivity index (χ4n) is 1.68. The Kier molecular flexibility index (Phi) is 5.46. The van der Waals surface area contributed by atoms with Crippen LogP contribution in [-0.4, -0.2) is 21.3 Å². The van der Waals surface area contributed by atoms with Crippen molar-refractivity contribution in [3.05, 3.63) is 40.4 Å². The number of carboxylic acid groups (broad SMARTS) is 1. The van der Waals surface area contributed by atoms with Crippen molar-refractivity contribution < 1.29 is 9.90 Å². The fourth-order valence-corrected chi connectivity index (χ4v) is 3.82. The number of halogens is 1. The van der Waals surface area contributed by atoms with E-state index in [0.717, 1.165) is 16.3 Å². The van der Waals surface area contributed by atoms with Crippen LogP contribution in [0.15, 0.2) is 29.6 Å². The summed E-state index contributed by atoms with van der Waals surface area (Å²) in [5.74, 6) is -0.162. The predicted octanol–water partition coefficient (Wildman–Crippen LogP) is 4.56. The van der Waals surface area contributed by atoms with Crippen molar-refractivity contribution in [3.8, 4) is 10.6 Å². The third-order valence-corrected chi connectivity index (χ3v) is 5.39. The highest BCUT2D eigenvalue weighted by atomic mass is 35.5. The predicted molar refractivity (Wildman–Crippen MR) is 85.6 cm³/mol. The molecule has 2 aromatic rings. The molecular formula is C14H14ClNO2S2. The number of aromatic nitrogens is 1. The van der Waals surface area contributed by atoms with Crippen LogP contribution in [0.1, 0.15) is 19.0 Å². The Bertz CT molecular complexity index is 600. The number of nitrogens with zero attached hydrogens (tertiary/aromatic N) is 1. The van der Waals surface area contributed by atoms with Crippen LogP contribution in [0.25, 0.3) is 10.6 Å². The van der Waals surface area contributed by atoms with Crippen molar-refractivity contribution in [3.63, 3.8) is 0 Å². The Morgan fingerprint density at radius 1 is 1.50 bits per heavy atom. The van der Waals surface area contributed by atoms with Crippen LogP contribution >= 0.6 is 34.7 Å². The standard InChI is InChI=1S/C14H14ClNO2S2/c1-2-12(14(17)18)19-7-9-8-20-13(16-9)10-5-3-4-6-11(10)15/h3-6,8,12H,2,7H2,1H3,(H,17,18). The molecule has 106 valence electrons. The molecule has 0 spiro atoms. The molecule has 1 aromatic carbocycles.